The zero-order valence-corrected chi connectivity index (χ0v) is 13.9. The smallest absolute Gasteiger partial charge is 0.240 e. The van der Waals surface area contributed by atoms with Gasteiger partial charge in [0.25, 0.3) is 0 Å². The van der Waals surface area contributed by atoms with Gasteiger partial charge >= 0.3 is 0 Å². The lowest BCUT2D eigenvalue weighted by Gasteiger charge is -2.12. The molecular weight excluding hydrogens is 298 g/mol. The average molecular weight is 319 g/mol. The normalized spacial score (nSPS) is 11.4. The van der Waals surface area contributed by atoms with Crippen LogP contribution in [0.5, 0.6) is 5.75 Å². The van der Waals surface area contributed by atoms with Crippen molar-refractivity contribution in [1.82, 2.24) is 4.72 Å². The van der Waals surface area contributed by atoms with Gasteiger partial charge in [-0.2, -0.15) is 0 Å². The molecule has 0 heterocycles. The van der Waals surface area contributed by atoms with E-state index < -0.39 is 10.0 Å². The lowest BCUT2D eigenvalue weighted by Crippen LogP contribution is -2.28. The SMILES string of the molecule is Cc1cccc(S(=O)(=O)NCCOc2cccc(C)c2C)c1. The van der Waals surface area contributed by atoms with E-state index in [1.54, 1.807) is 18.2 Å². The van der Waals surface area contributed by atoms with E-state index in [0.29, 0.717) is 0 Å². The highest BCUT2D eigenvalue weighted by molar-refractivity contribution is 7.89. The number of hydrogen-bond acceptors (Lipinski definition) is 3. The highest BCUT2D eigenvalue weighted by atomic mass is 32.2. The Bertz CT molecular complexity index is 754. The van der Waals surface area contributed by atoms with Gasteiger partial charge in [0.05, 0.1) is 4.90 Å². The fraction of sp³-hybridized carbons (Fsp3) is 0.294. The molecule has 2 aromatic carbocycles. The van der Waals surface area contributed by atoms with Crippen LogP contribution in [-0.4, -0.2) is 21.6 Å². The molecule has 0 amide bonds. The molecule has 0 saturated heterocycles. The van der Waals surface area contributed by atoms with Crippen LogP contribution in [0.4, 0.5) is 0 Å². The molecule has 5 heteroatoms. The van der Waals surface area contributed by atoms with Gasteiger partial charge in [-0.25, -0.2) is 13.1 Å². The second-order valence-electron chi connectivity index (χ2n) is 5.26. The Balaban J connectivity index is 1.92. The molecule has 0 aliphatic rings. The zero-order valence-electron chi connectivity index (χ0n) is 13.1. The van der Waals surface area contributed by atoms with Crippen molar-refractivity contribution in [3.63, 3.8) is 0 Å². The van der Waals surface area contributed by atoms with E-state index in [9.17, 15) is 8.42 Å². The van der Waals surface area contributed by atoms with Crippen LogP contribution < -0.4 is 9.46 Å². The van der Waals surface area contributed by atoms with Gasteiger partial charge in [0.1, 0.15) is 12.4 Å². The Morgan fingerprint density at radius 1 is 1.05 bits per heavy atom. The molecule has 22 heavy (non-hydrogen) atoms. The molecule has 0 aromatic heterocycles. The Kier molecular flexibility index (Phi) is 5.21. The number of benzene rings is 2. The van der Waals surface area contributed by atoms with Gasteiger partial charge in [-0.05, 0) is 55.7 Å². The van der Waals surface area contributed by atoms with Crippen molar-refractivity contribution in [2.75, 3.05) is 13.2 Å². The molecule has 0 aliphatic heterocycles. The second-order valence-corrected chi connectivity index (χ2v) is 7.03. The van der Waals surface area contributed by atoms with E-state index in [1.165, 1.54) is 0 Å². The highest BCUT2D eigenvalue weighted by Gasteiger charge is 2.13. The van der Waals surface area contributed by atoms with Crippen molar-refractivity contribution < 1.29 is 13.2 Å². The van der Waals surface area contributed by atoms with Crippen molar-refractivity contribution >= 4 is 10.0 Å². The maximum atomic E-state index is 12.2. The minimum absolute atomic E-state index is 0.226. The fourth-order valence-corrected chi connectivity index (χ4v) is 3.20. The quantitative estimate of drug-likeness (QED) is 0.833. The maximum absolute atomic E-state index is 12.2. The first kappa shape index (κ1) is 16.5. The summed E-state index contributed by atoms with van der Waals surface area (Å²) in [7, 11) is -3.49. The number of nitrogens with one attached hydrogen (secondary N) is 1. The number of sulfonamides is 1. The summed E-state index contributed by atoms with van der Waals surface area (Å²) < 4.78 is 32.5. The van der Waals surface area contributed by atoms with Gasteiger partial charge in [-0.15, -0.1) is 0 Å². The largest absolute Gasteiger partial charge is 0.492 e. The van der Waals surface area contributed by atoms with Crippen molar-refractivity contribution in [3.05, 3.63) is 59.2 Å². The number of aryl methyl sites for hydroxylation is 2. The van der Waals surface area contributed by atoms with Crippen LogP contribution in [0.15, 0.2) is 47.4 Å². The van der Waals surface area contributed by atoms with Gasteiger partial charge in [0, 0.05) is 6.54 Å². The topological polar surface area (TPSA) is 55.4 Å². The van der Waals surface area contributed by atoms with Crippen LogP contribution >= 0.6 is 0 Å². The number of rotatable bonds is 6. The summed E-state index contributed by atoms with van der Waals surface area (Å²) in [6.07, 6.45) is 0. The molecular formula is C17H21NO3S. The van der Waals surface area contributed by atoms with E-state index in [0.717, 1.165) is 22.4 Å². The number of ether oxygens (including phenoxy) is 1. The Labute approximate surface area is 132 Å². The van der Waals surface area contributed by atoms with Crippen molar-refractivity contribution in [3.8, 4) is 5.75 Å². The Hall–Kier alpha value is -1.85. The second kappa shape index (κ2) is 6.94. The van der Waals surface area contributed by atoms with Crippen molar-refractivity contribution in [2.24, 2.45) is 0 Å². The summed E-state index contributed by atoms with van der Waals surface area (Å²) in [5.41, 5.74) is 3.14. The highest BCUT2D eigenvalue weighted by Crippen LogP contribution is 2.20. The van der Waals surface area contributed by atoms with Crippen LogP contribution in [0.3, 0.4) is 0 Å². The van der Waals surface area contributed by atoms with Gasteiger partial charge in [0.2, 0.25) is 10.0 Å². The molecule has 0 atom stereocenters. The van der Waals surface area contributed by atoms with Crippen LogP contribution in [0, 0.1) is 20.8 Å². The Morgan fingerprint density at radius 2 is 1.77 bits per heavy atom. The van der Waals surface area contributed by atoms with E-state index in [-0.39, 0.29) is 18.0 Å². The lowest BCUT2D eigenvalue weighted by atomic mass is 10.1. The molecule has 1 N–H and O–H groups in total. The molecule has 118 valence electrons. The summed E-state index contributed by atoms with van der Waals surface area (Å²) in [5, 5.41) is 0. The van der Waals surface area contributed by atoms with Crippen LogP contribution in [-0.2, 0) is 10.0 Å². The van der Waals surface area contributed by atoms with Gasteiger partial charge in [-0.3, -0.25) is 0 Å². The molecule has 0 saturated carbocycles. The van der Waals surface area contributed by atoms with Gasteiger partial charge < -0.3 is 4.74 Å². The summed E-state index contributed by atoms with van der Waals surface area (Å²) in [5.74, 6) is 0.787. The molecule has 0 bridgehead atoms. The fourth-order valence-electron chi connectivity index (χ4n) is 2.08. The predicted molar refractivity (Wildman–Crippen MR) is 87.8 cm³/mol. The molecule has 0 unspecified atom stereocenters. The first-order chi connectivity index (χ1) is 10.4. The first-order valence-corrected chi connectivity index (χ1v) is 8.64. The molecule has 0 radical (unpaired) electrons. The van der Waals surface area contributed by atoms with Crippen molar-refractivity contribution in [1.29, 1.82) is 0 Å². The summed E-state index contributed by atoms with van der Waals surface area (Å²) in [4.78, 5) is 0.277. The summed E-state index contributed by atoms with van der Waals surface area (Å²) >= 11 is 0. The Morgan fingerprint density at radius 3 is 2.50 bits per heavy atom. The summed E-state index contributed by atoms with van der Waals surface area (Å²) in [6, 6.07) is 12.7. The van der Waals surface area contributed by atoms with Crippen LogP contribution in [0.25, 0.3) is 0 Å². The zero-order chi connectivity index (χ0) is 16.2. The molecule has 2 aromatic rings. The molecule has 0 aliphatic carbocycles. The van der Waals surface area contributed by atoms with E-state index in [1.807, 2.05) is 45.0 Å². The minimum atomic E-state index is -3.49. The predicted octanol–water partition coefficient (Wildman–Crippen LogP) is 2.97. The third kappa shape index (κ3) is 4.08. The number of hydrogen-bond donors (Lipinski definition) is 1. The minimum Gasteiger partial charge on any atom is -0.492 e. The average Bonchev–Trinajstić information content (AvgIpc) is 2.48. The third-order valence-electron chi connectivity index (χ3n) is 3.51. The van der Waals surface area contributed by atoms with Crippen LogP contribution in [0.1, 0.15) is 16.7 Å². The van der Waals surface area contributed by atoms with E-state index >= 15 is 0 Å². The van der Waals surface area contributed by atoms with Gasteiger partial charge in [-0.1, -0.05) is 24.3 Å². The molecule has 0 spiro atoms. The third-order valence-corrected chi connectivity index (χ3v) is 4.97. The molecule has 4 nitrogen and oxygen atoms in total. The first-order valence-electron chi connectivity index (χ1n) is 7.15. The molecule has 0 fully saturated rings. The maximum Gasteiger partial charge on any atom is 0.240 e. The standard InChI is InChI=1S/C17H21NO3S/c1-13-6-4-8-16(12-13)22(19,20)18-10-11-21-17-9-5-7-14(2)15(17)3/h4-9,12,18H,10-11H2,1-3H3. The lowest BCUT2D eigenvalue weighted by molar-refractivity contribution is 0.320. The van der Waals surface area contributed by atoms with Gasteiger partial charge in [0.15, 0.2) is 0 Å². The monoisotopic (exact) mass is 319 g/mol. The van der Waals surface area contributed by atoms with Crippen LogP contribution in [0.2, 0.25) is 0 Å². The molecule has 2 rings (SSSR count). The summed E-state index contributed by atoms with van der Waals surface area (Å²) in [6.45, 7) is 6.38. The van der Waals surface area contributed by atoms with E-state index in [4.69, 9.17) is 4.74 Å². The van der Waals surface area contributed by atoms with E-state index in [2.05, 4.69) is 4.72 Å². The van der Waals surface area contributed by atoms with Crippen molar-refractivity contribution in [2.45, 2.75) is 25.7 Å².